The summed E-state index contributed by atoms with van der Waals surface area (Å²) in [6.07, 6.45) is 0.682. The predicted octanol–water partition coefficient (Wildman–Crippen LogP) is 3.11. The van der Waals surface area contributed by atoms with Gasteiger partial charge in [0.15, 0.2) is 5.58 Å². The Morgan fingerprint density at radius 2 is 1.93 bits per heavy atom. The number of oxazole rings is 1. The number of rotatable bonds is 6. The topological polar surface area (TPSA) is 107 Å². The third-order valence-electron chi connectivity index (χ3n) is 5.41. The zero-order valence-electron chi connectivity index (χ0n) is 17.7. The van der Waals surface area contributed by atoms with E-state index in [0.29, 0.717) is 35.9 Å². The number of aromatic nitrogens is 3. The molecule has 0 bridgehead atoms. The molecular weight excluding hydrogens is 388 g/mol. The number of fused-ring (bicyclic) bond motifs is 1. The van der Waals surface area contributed by atoms with Gasteiger partial charge < -0.3 is 18.8 Å². The molecule has 0 spiro atoms. The van der Waals surface area contributed by atoms with E-state index in [1.54, 1.807) is 10.6 Å². The number of benzene rings is 1. The molecule has 9 nitrogen and oxygen atoms in total. The summed E-state index contributed by atoms with van der Waals surface area (Å²) in [6, 6.07) is 5.43. The molecule has 1 saturated heterocycles. The van der Waals surface area contributed by atoms with Gasteiger partial charge in [-0.1, -0.05) is 5.16 Å². The van der Waals surface area contributed by atoms with Crippen molar-refractivity contribution in [3.63, 3.8) is 0 Å². The summed E-state index contributed by atoms with van der Waals surface area (Å²) in [5.74, 6) is 0.848. The Hall–Kier alpha value is -2.49. The summed E-state index contributed by atoms with van der Waals surface area (Å²) < 4.78 is 17.9. The lowest BCUT2D eigenvalue weighted by atomic mass is 9.97. The number of aliphatic hydroxyl groups excluding tert-OH is 1. The molecule has 1 aromatic carbocycles. The SMILES string of the molecule is CC(C)OC(O)N1CCC(c2nc(-c3ccc4oc(=O)n(C(C)C)c4c3)no2)CC1. The van der Waals surface area contributed by atoms with Gasteiger partial charge in [0.05, 0.1) is 11.6 Å². The number of piperidine rings is 1. The first-order valence-electron chi connectivity index (χ1n) is 10.4. The lowest BCUT2D eigenvalue weighted by Gasteiger charge is -2.34. The first kappa shape index (κ1) is 20.8. The number of hydrogen-bond donors (Lipinski definition) is 1. The van der Waals surface area contributed by atoms with Crippen LogP contribution in [0.2, 0.25) is 0 Å². The summed E-state index contributed by atoms with van der Waals surface area (Å²) in [7, 11) is 0. The molecule has 162 valence electrons. The minimum Gasteiger partial charge on any atom is -0.408 e. The van der Waals surface area contributed by atoms with Crippen molar-refractivity contribution in [2.45, 2.75) is 65.0 Å². The second kappa shape index (κ2) is 8.33. The molecular formula is C21H28N4O5. The number of ether oxygens (including phenoxy) is 1. The lowest BCUT2D eigenvalue weighted by molar-refractivity contribution is -0.215. The van der Waals surface area contributed by atoms with Crippen molar-refractivity contribution in [3.05, 3.63) is 34.6 Å². The van der Waals surface area contributed by atoms with Gasteiger partial charge in [-0.25, -0.2) is 4.79 Å². The maximum absolute atomic E-state index is 12.1. The molecule has 9 heteroatoms. The highest BCUT2D eigenvalue weighted by molar-refractivity contribution is 5.79. The maximum Gasteiger partial charge on any atom is 0.420 e. The van der Waals surface area contributed by atoms with Crippen molar-refractivity contribution < 1.29 is 18.8 Å². The molecule has 0 amide bonds. The van der Waals surface area contributed by atoms with Crippen LogP contribution in [0.25, 0.3) is 22.5 Å². The summed E-state index contributed by atoms with van der Waals surface area (Å²) in [5, 5.41) is 14.3. The van der Waals surface area contributed by atoms with Gasteiger partial charge in [-0.05, 0) is 58.7 Å². The van der Waals surface area contributed by atoms with Crippen LogP contribution < -0.4 is 5.76 Å². The van der Waals surface area contributed by atoms with Gasteiger partial charge >= 0.3 is 5.76 Å². The molecule has 1 fully saturated rings. The maximum atomic E-state index is 12.1. The van der Waals surface area contributed by atoms with Gasteiger partial charge in [0.2, 0.25) is 18.1 Å². The molecule has 1 atom stereocenters. The fourth-order valence-corrected chi connectivity index (χ4v) is 3.88. The predicted molar refractivity (Wildman–Crippen MR) is 110 cm³/mol. The van der Waals surface area contributed by atoms with E-state index in [2.05, 4.69) is 10.1 Å². The largest absolute Gasteiger partial charge is 0.420 e. The minimum atomic E-state index is -0.885. The average Bonchev–Trinajstić information content (AvgIpc) is 3.31. The van der Waals surface area contributed by atoms with Crippen molar-refractivity contribution in [1.82, 2.24) is 19.6 Å². The zero-order chi connectivity index (χ0) is 21.4. The van der Waals surface area contributed by atoms with Crippen molar-refractivity contribution in [2.75, 3.05) is 13.1 Å². The van der Waals surface area contributed by atoms with E-state index in [4.69, 9.17) is 13.7 Å². The summed E-state index contributed by atoms with van der Waals surface area (Å²) in [6.45, 7) is 9.06. The molecule has 0 radical (unpaired) electrons. The smallest absolute Gasteiger partial charge is 0.408 e. The van der Waals surface area contributed by atoms with Crippen LogP contribution in [-0.4, -0.2) is 50.3 Å². The highest BCUT2D eigenvalue weighted by Crippen LogP contribution is 2.30. The number of hydrogen-bond acceptors (Lipinski definition) is 8. The van der Waals surface area contributed by atoms with Crippen LogP contribution in [0.3, 0.4) is 0 Å². The van der Waals surface area contributed by atoms with Crippen molar-refractivity contribution in [2.24, 2.45) is 0 Å². The molecule has 3 aromatic rings. The lowest BCUT2D eigenvalue weighted by Crippen LogP contribution is -2.43. The van der Waals surface area contributed by atoms with Gasteiger partial charge in [-0.2, -0.15) is 4.98 Å². The van der Waals surface area contributed by atoms with Gasteiger partial charge in [0.25, 0.3) is 0 Å². The van der Waals surface area contributed by atoms with Crippen molar-refractivity contribution >= 4 is 11.1 Å². The Bertz CT molecular complexity index is 1060. The normalized spacial score (nSPS) is 17.4. The standard InChI is InChI=1S/C21H28N4O5/c1-12(2)25-16-11-15(5-6-17(16)29-21(25)27)18-22-19(30-23-18)14-7-9-24(10-8-14)20(26)28-13(3)4/h5-6,11-14,20,26H,7-10H2,1-4H3. The van der Waals surface area contributed by atoms with E-state index in [9.17, 15) is 9.90 Å². The van der Waals surface area contributed by atoms with E-state index in [1.165, 1.54) is 0 Å². The first-order chi connectivity index (χ1) is 14.3. The van der Waals surface area contributed by atoms with Crippen LogP contribution in [0, 0.1) is 0 Å². The quantitative estimate of drug-likeness (QED) is 0.611. The summed E-state index contributed by atoms with van der Waals surface area (Å²) in [5.41, 5.74) is 2.02. The summed E-state index contributed by atoms with van der Waals surface area (Å²) >= 11 is 0. The molecule has 1 N–H and O–H groups in total. The van der Waals surface area contributed by atoms with E-state index in [0.717, 1.165) is 18.4 Å². The van der Waals surface area contributed by atoms with Crippen LogP contribution >= 0.6 is 0 Å². The fourth-order valence-electron chi connectivity index (χ4n) is 3.88. The van der Waals surface area contributed by atoms with Crippen molar-refractivity contribution in [3.8, 4) is 11.4 Å². The van der Waals surface area contributed by atoms with Gasteiger partial charge in [-0.3, -0.25) is 9.47 Å². The Balaban J connectivity index is 1.50. The first-order valence-corrected chi connectivity index (χ1v) is 10.4. The number of likely N-dealkylation sites (tertiary alicyclic amines) is 1. The van der Waals surface area contributed by atoms with Crippen LogP contribution in [0.15, 0.2) is 31.9 Å². The summed E-state index contributed by atoms with van der Waals surface area (Å²) in [4.78, 5) is 18.6. The van der Waals surface area contributed by atoms with Gasteiger partial charge in [0, 0.05) is 30.6 Å². The van der Waals surface area contributed by atoms with Crippen LogP contribution in [-0.2, 0) is 4.74 Å². The molecule has 1 aliphatic rings. The number of aliphatic hydroxyl groups is 1. The Labute approximate surface area is 174 Å². The minimum absolute atomic E-state index is 0.0185. The molecule has 2 aromatic heterocycles. The Morgan fingerprint density at radius 3 is 2.60 bits per heavy atom. The average molecular weight is 416 g/mol. The van der Waals surface area contributed by atoms with Crippen molar-refractivity contribution in [1.29, 1.82) is 0 Å². The van der Waals surface area contributed by atoms with Gasteiger partial charge in [-0.15, -0.1) is 0 Å². The van der Waals surface area contributed by atoms with E-state index < -0.39 is 6.41 Å². The molecule has 1 aliphatic heterocycles. The molecule has 3 heterocycles. The molecule has 4 rings (SSSR count). The second-order valence-corrected chi connectivity index (χ2v) is 8.29. The Kier molecular flexibility index (Phi) is 5.77. The van der Waals surface area contributed by atoms with E-state index in [1.807, 2.05) is 44.7 Å². The highest BCUT2D eigenvalue weighted by atomic mass is 16.6. The number of nitrogens with zero attached hydrogens (tertiary/aromatic N) is 4. The highest BCUT2D eigenvalue weighted by Gasteiger charge is 2.29. The fraction of sp³-hybridized carbons (Fsp3) is 0.571. The molecule has 30 heavy (non-hydrogen) atoms. The second-order valence-electron chi connectivity index (χ2n) is 8.29. The Morgan fingerprint density at radius 1 is 1.20 bits per heavy atom. The monoisotopic (exact) mass is 416 g/mol. The molecule has 1 unspecified atom stereocenters. The van der Waals surface area contributed by atoms with Gasteiger partial charge in [0.1, 0.15) is 0 Å². The molecule has 0 aliphatic carbocycles. The van der Waals surface area contributed by atoms with E-state index in [-0.39, 0.29) is 23.8 Å². The van der Waals surface area contributed by atoms with E-state index >= 15 is 0 Å². The zero-order valence-corrected chi connectivity index (χ0v) is 17.7. The molecule has 0 saturated carbocycles. The third kappa shape index (κ3) is 4.05. The van der Waals surface area contributed by atoms with Crippen LogP contribution in [0.1, 0.15) is 58.4 Å². The third-order valence-corrected chi connectivity index (χ3v) is 5.41. The van der Waals surface area contributed by atoms with Crippen LogP contribution in [0.5, 0.6) is 0 Å². The van der Waals surface area contributed by atoms with Crippen LogP contribution in [0.4, 0.5) is 0 Å².